The zero-order valence-electron chi connectivity index (χ0n) is 14.4. The smallest absolute Gasteiger partial charge is 0.264 e. The molecule has 1 unspecified atom stereocenters. The van der Waals surface area contributed by atoms with Crippen LogP contribution in [0.3, 0.4) is 0 Å². The van der Waals surface area contributed by atoms with Crippen molar-refractivity contribution in [3.63, 3.8) is 0 Å². The van der Waals surface area contributed by atoms with Crippen LogP contribution in [0.1, 0.15) is 41.8 Å². The normalized spacial score (nSPS) is 22.6. The Kier molecular flexibility index (Phi) is 5.89. The predicted octanol–water partition coefficient (Wildman–Crippen LogP) is 2.20. The third-order valence-corrected chi connectivity index (χ3v) is 6.06. The number of nitrogens with zero attached hydrogens (tertiary/aromatic N) is 2. The third kappa shape index (κ3) is 3.81. The summed E-state index contributed by atoms with van der Waals surface area (Å²) in [5.74, 6) is 0.838. The highest BCUT2D eigenvalue weighted by molar-refractivity contribution is 7.12. The van der Waals surface area contributed by atoms with Crippen LogP contribution in [-0.2, 0) is 4.79 Å². The highest BCUT2D eigenvalue weighted by atomic mass is 32.1. The van der Waals surface area contributed by atoms with Gasteiger partial charge >= 0.3 is 0 Å². The molecule has 1 aromatic heterocycles. The van der Waals surface area contributed by atoms with Crippen LogP contribution in [0.15, 0.2) is 17.5 Å². The second kappa shape index (κ2) is 8.12. The maximum absolute atomic E-state index is 13.0. The molecule has 2 aliphatic heterocycles. The third-order valence-electron chi connectivity index (χ3n) is 5.20. The van der Waals surface area contributed by atoms with E-state index in [1.165, 1.54) is 11.3 Å². The Balaban J connectivity index is 1.65. The summed E-state index contributed by atoms with van der Waals surface area (Å²) < 4.78 is 0. The lowest BCUT2D eigenvalue weighted by Crippen LogP contribution is -2.54. The first-order chi connectivity index (χ1) is 11.7. The molecule has 0 aliphatic carbocycles. The summed E-state index contributed by atoms with van der Waals surface area (Å²) in [5.41, 5.74) is 0. The second-order valence-corrected chi connectivity index (χ2v) is 7.76. The van der Waals surface area contributed by atoms with Gasteiger partial charge in [0.15, 0.2) is 0 Å². The summed E-state index contributed by atoms with van der Waals surface area (Å²) in [7, 11) is 1.98. The first-order valence-electron chi connectivity index (χ1n) is 8.98. The summed E-state index contributed by atoms with van der Waals surface area (Å²) in [6.45, 7) is 3.36. The molecular formula is C18H27N3O2S. The molecule has 132 valence electrons. The maximum atomic E-state index is 13.0. The van der Waals surface area contributed by atoms with Gasteiger partial charge in [-0.3, -0.25) is 9.59 Å². The molecule has 2 saturated heterocycles. The first-order valence-corrected chi connectivity index (χ1v) is 9.86. The topological polar surface area (TPSA) is 52.7 Å². The minimum absolute atomic E-state index is 0.0214. The number of carbonyl (C=O) groups excluding carboxylic acids is 2. The number of rotatable bonds is 4. The molecule has 0 aromatic carbocycles. The van der Waals surface area contributed by atoms with Crippen molar-refractivity contribution in [2.24, 2.45) is 5.92 Å². The molecular weight excluding hydrogens is 322 g/mol. The number of piperidine rings is 2. The fourth-order valence-electron chi connectivity index (χ4n) is 3.83. The monoisotopic (exact) mass is 349 g/mol. The molecule has 0 bridgehead atoms. The number of nitrogens with one attached hydrogen (secondary N) is 1. The number of hydrogen-bond donors (Lipinski definition) is 1. The largest absolute Gasteiger partial charge is 0.341 e. The maximum Gasteiger partial charge on any atom is 0.264 e. The van der Waals surface area contributed by atoms with Gasteiger partial charge < -0.3 is 15.1 Å². The molecule has 24 heavy (non-hydrogen) atoms. The predicted molar refractivity (Wildman–Crippen MR) is 96.2 cm³/mol. The zero-order valence-corrected chi connectivity index (χ0v) is 15.2. The van der Waals surface area contributed by atoms with Crippen LogP contribution < -0.4 is 5.32 Å². The summed E-state index contributed by atoms with van der Waals surface area (Å²) in [6.07, 6.45) is 4.93. The molecule has 1 aromatic rings. The van der Waals surface area contributed by atoms with Crippen molar-refractivity contribution < 1.29 is 9.59 Å². The molecule has 2 aliphatic rings. The van der Waals surface area contributed by atoms with E-state index in [9.17, 15) is 9.59 Å². The van der Waals surface area contributed by atoms with E-state index < -0.39 is 0 Å². The molecule has 0 saturated carbocycles. The van der Waals surface area contributed by atoms with Crippen LogP contribution in [-0.4, -0.2) is 60.9 Å². The van der Waals surface area contributed by atoms with Crippen LogP contribution in [0.2, 0.25) is 0 Å². The van der Waals surface area contributed by atoms with Gasteiger partial charge in [0, 0.05) is 19.6 Å². The van der Waals surface area contributed by atoms with Crippen molar-refractivity contribution in [1.29, 1.82) is 0 Å². The first kappa shape index (κ1) is 17.4. The van der Waals surface area contributed by atoms with Gasteiger partial charge in [-0.05, 0) is 63.1 Å². The van der Waals surface area contributed by atoms with E-state index in [0.717, 1.165) is 56.6 Å². The van der Waals surface area contributed by atoms with Crippen molar-refractivity contribution in [3.05, 3.63) is 22.4 Å². The molecule has 1 atom stereocenters. The molecule has 3 heterocycles. The number of hydrogen-bond acceptors (Lipinski definition) is 4. The van der Waals surface area contributed by atoms with E-state index in [2.05, 4.69) is 5.32 Å². The van der Waals surface area contributed by atoms with E-state index in [4.69, 9.17) is 0 Å². The van der Waals surface area contributed by atoms with Gasteiger partial charge in [0.25, 0.3) is 5.91 Å². The minimum Gasteiger partial charge on any atom is -0.341 e. The number of thiophene rings is 1. The van der Waals surface area contributed by atoms with Crippen LogP contribution >= 0.6 is 11.3 Å². The Morgan fingerprint density at radius 3 is 2.67 bits per heavy atom. The average Bonchev–Trinajstić information content (AvgIpc) is 3.16. The molecule has 0 radical (unpaired) electrons. The number of carbonyl (C=O) groups is 2. The van der Waals surface area contributed by atoms with Crippen LogP contribution in [0, 0.1) is 5.92 Å². The highest BCUT2D eigenvalue weighted by Crippen LogP contribution is 2.25. The van der Waals surface area contributed by atoms with Gasteiger partial charge in [0.1, 0.15) is 6.04 Å². The summed E-state index contributed by atoms with van der Waals surface area (Å²) in [6, 6.07) is 3.48. The Morgan fingerprint density at radius 1 is 1.21 bits per heavy atom. The van der Waals surface area contributed by atoms with Crippen LogP contribution in [0.4, 0.5) is 0 Å². The Labute approximate surface area is 148 Å². The highest BCUT2D eigenvalue weighted by Gasteiger charge is 2.36. The zero-order chi connectivity index (χ0) is 16.9. The molecule has 6 heteroatoms. The summed E-state index contributed by atoms with van der Waals surface area (Å²) in [5, 5.41) is 5.14. The van der Waals surface area contributed by atoms with Crippen molar-refractivity contribution in [3.8, 4) is 0 Å². The Hall–Kier alpha value is -1.40. The van der Waals surface area contributed by atoms with Crippen molar-refractivity contribution in [1.82, 2.24) is 15.1 Å². The fraction of sp³-hybridized carbons (Fsp3) is 0.667. The summed E-state index contributed by atoms with van der Waals surface area (Å²) >= 11 is 1.46. The van der Waals surface area contributed by atoms with Gasteiger partial charge in [0.2, 0.25) is 5.91 Å². The van der Waals surface area contributed by atoms with Crippen molar-refractivity contribution in [2.75, 3.05) is 33.2 Å². The van der Waals surface area contributed by atoms with Crippen LogP contribution in [0.5, 0.6) is 0 Å². The van der Waals surface area contributed by atoms with E-state index in [1.54, 1.807) is 0 Å². The van der Waals surface area contributed by atoms with E-state index in [1.807, 2.05) is 34.4 Å². The standard InChI is InChI=1S/C18H27N3O2S/c1-19-13-14-7-10-20(11-8-14)17(22)15-5-2-3-9-21(15)18(23)16-6-4-12-24-16/h4,6,12,14-15,19H,2-3,5,7-11,13H2,1H3. The van der Waals surface area contributed by atoms with Gasteiger partial charge in [-0.15, -0.1) is 11.3 Å². The Morgan fingerprint density at radius 2 is 2.00 bits per heavy atom. The molecule has 5 nitrogen and oxygen atoms in total. The molecule has 1 N–H and O–H groups in total. The van der Waals surface area contributed by atoms with Crippen LogP contribution in [0.25, 0.3) is 0 Å². The quantitative estimate of drug-likeness (QED) is 0.907. The summed E-state index contributed by atoms with van der Waals surface area (Å²) in [4.78, 5) is 30.3. The van der Waals surface area contributed by atoms with E-state index in [0.29, 0.717) is 12.5 Å². The molecule has 3 rings (SSSR count). The lowest BCUT2D eigenvalue weighted by atomic mass is 9.94. The SMILES string of the molecule is CNCC1CCN(C(=O)C2CCCCN2C(=O)c2cccs2)CC1. The lowest BCUT2D eigenvalue weighted by Gasteiger charge is -2.40. The fourth-order valence-corrected chi connectivity index (χ4v) is 4.51. The lowest BCUT2D eigenvalue weighted by molar-refractivity contribution is -0.138. The Bertz CT molecular complexity index is 553. The molecule has 0 spiro atoms. The second-order valence-electron chi connectivity index (χ2n) is 6.81. The van der Waals surface area contributed by atoms with Gasteiger partial charge in [-0.1, -0.05) is 6.07 Å². The number of amides is 2. The van der Waals surface area contributed by atoms with Gasteiger partial charge in [-0.2, -0.15) is 0 Å². The minimum atomic E-state index is -0.269. The average molecular weight is 350 g/mol. The van der Waals surface area contributed by atoms with E-state index in [-0.39, 0.29) is 17.9 Å². The van der Waals surface area contributed by atoms with Gasteiger partial charge in [-0.25, -0.2) is 0 Å². The van der Waals surface area contributed by atoms with Gasteiger partial charge in [0.05, 0.1) is 4.88 Å². The molecule has 2 amide bonds. The molecule has 2 fully saturated rings. The van der Waals surface area contributed by atoms with Crippen molar-refractivity contribution in [2.45, 2.75) is 38.1 Å². The van der Waals surface area contributed by atoms with Crippen molar-refractivity contribution >= 4 is 23.2 Å². The number of likely N-dealkylation sites (tertiary alicyclic amines) is 2. The van der Waals surface area contributed by atoms with E-state index >= 15 is 0 Å².